The monoisotopic (exact) mass is 319 g/mol. The van der Waals surface area contributed by atoms with Crippen LogP contribution in [0, 0.1) is 11.3 Å². The van der Waals surface area contributed by atoms with Gasteiger partial charge in [-0.3, -0.25) is 4.79 Å². The maximum Gasteiger partial charge on any atom is 0.203 e. The van der Waals surface area contributed by atoms with E-state index in [1.807, 2.05) is 6.07 Å². The first kappa shape index (κ1) is 15.4. The van der Waals surface area contributed by atoms with Crippen LogP contribution < -0.4 is 4.74 Å². The van der Waals surface area contributed by atoms with Gasteiger partial charge in [-0.1, -0.05) is 35.3 Å². The van der Waals surface area contributed by atoms with Crippen LogP contribution in [0.15, 0.2) is 42.5 Å². The van der Waals surface area contributed by atoms with Gasteiger partial charge in [0.1, 0.15) is 5.75 Å². The van der Waals surface area contributed by atoms with Crippen LogP contribution in [0.2, 0.25) is 10.0 Å². The third kappa shape index (κ3) is 3.75. The fourth-order valence-corrected chi connectivity index (χ4v) is 2.20. The zero-order valence-electron chi connectivity index (χ0n) is 11.1. The molecule has 5 heteroatoms. The predicted molar refractivity (Wildman–Crippen MR) is 82.0 cm³/mol. The van der Waals surface area contributed by atoms with E-state index in [1.54, 1.807) is 43.3 Å². The lowest BCUT2D eigenvalue weighted by Crippen LogP contribution is -2.24. The van der Waals surface area contributed by atoms with Gasteiger partial charge in [0.2, 0.25) is 5.78 Å². The first-order valence-electron chi connectivity index (χ1n) is 6.17. The summed E-state index contributed by atoms with van der Waals surface area (Å²) in [5.74, 6) is 0.163. The molecule has 3 nitrogen and oxygen atoms in total. The summed E-state index contributed by atoms with van der Waals surface area (Å²) in [6.45, 7) is 1.64. The van der Waals surface area contributed by atoms with E-state index in [-0.39, 0.29) is 5.78 Å². The normalized spacial score (nSPS) is 11.5. The number of ether oxygens (including phenoxy) is 1. The van der Waals surface area contributed by atoms with Gasteiger partial charge in [-0.2, -0.15) is 5.26 Å². The quantitative estimate of drug-likeness (QED) is 0.779. The minimum atomic E-state index is -0.714. The lowest BCUT2D eigenvalue weighted by Gasteiger charge is -2.15. The molecular formula is C16H11Cl2NO2. The Kier molecular flexibility index (Phi) is 4.85. The van der Waals surface area contributed by atoms with E-state index in [0.717, 1.165) is 0 Å². The molecule has 0 N–H and O–H groups in total. The number of Topliss-reactive ketones (excluding diaryl/α,β-unsaturated/α-hetero) is 1. The summed E-state index contributed by atoms with van der Waals surface area (Å²) in [5, 5.41) is 9.56. The van der Waals surface area contributed by atoms with Gasteiger partial charge in [0.25, 0.3) is 0 Å². The molecule has 0 saturated heterocycles. The minimum absolute atomic E-state index is 0.196. The number of rotatable bonds is 4. The molecule has 0 aliphatic rings. The van der Waals surface area contributed by atoms with Gasteiger partial charge in [-0.15, -0.1) is 0 Å². The van der Waals surface area contributed by atoms with Crippen molar-refractivity contribution < 1.29 is 9.53 Å². The molecule has 0 heterocycles. The Hall–Kier alpha value is -2.02. The summed E-state index contributed by atoms with van der Waals surface area (Å²) in [5.41, 5.74) is 0.904. The van der Waals surface area contributed by atoms with Crippen LogP contribution in [0.5, 0.6) is 5.75 Å². The zero-order valence-corrected chi connectivity index (χ0v) is 12.7. The second-order valence-electron chi connectivity index (χ2n) is 4.39. The molecule has 106 valence electrons. The minimum Gasteiger partial charge on any atom is -0.481 e. The molecule has 21 heavy (non-hydrogen) atoms. The van der Waals surface area contributed by atoms with E-state index in [0.29, 0.717) is 26.9 Å². The Morgan fingerprint density at radius 1 is 1.24 bits per heavy atom. The summed E-state index contributed by atoms with van der Waals surface area (Å²) in [6.07, 6.45) is -0.714. The smallest absolute Gasteiger partial charge is 0.203 e. The fourth-order valence-electron chi connectivity index (χ4n) is 1.79. The molecule has 0 spiro atoms. The SMILES string of the molecule is CC(Oc1ccc(C#N)cc1Cl)C(=O)c1cccc(Cl)c1. The highest BCUT2D eigenvalue weighted by molar-refractivity contribution is 6.32. The Bertz CT molecular complexity index is 722. The summed E-state index contributed by atoms with van der Waals surface area (Å²) >= 11 is 11.9. The van der Waals surface area contributed by atoms with E-state index >= 15 is 0 Å². The van der Waals surface area contributed by atoms with Crippen molar-refractivity contribution in [2.75, 3.05) is 0 Å². The largest absolute Gasteiger partial charge is 0.481 e. The second-order valence-corrected chi connectivity index (χ2v) is 5.24. The number of ketones is 1. The Morgan fingerprint density at radius 3 is 2.62 bits per heavy atom. The highest BCUT2D eigenvalue weighted by Gasteiger charge is 2.18. The maximum atomic E-state index is 12.3. The number of nitriles is 1. The Morgan fingerprint density at radius 2 is 2.00 bits per heavy atom. The number of benzene rings is 2. The van der Waals surface area contributed by atoms with Crippen LogP contribution in [0.3, 0.4) is 0 Å². The van der Waals surface area contributed by atoms with Crippen LogP contribution >= 0.6 is 23.2 Å². The predicted octanol–water partition coefficient (Wildman–Crippen LogP) is 4.52. The van der Waals surface area contributed by atoms with Gasteiger partial charge in [0.05, 0.1) is 16.7 Å². The highest BCUT2D eigenvalue weighted by atomic mass is 35.5. The molecule has 0 bridgehead atoms. The number of nitrogens with zero attached hydrogens (tertiary/aromatic N) is 1. The molecule has 0 aromatic heterocycles. The summed E-state index contributed by atoms with van der Waals surface area (Å²) in [7, 11) is 0. The van der Waals surface area contributed by atoms with Gasteiger partial charge >= 0.3 is 0 Å². The van der Waals surface area contributed by atoms with Crippen LogP contribution in [-0.4, -0.2) is 11.9 Å². The van der Waals surface area contributed by atoms with Crippen LogP contribution in [-0.2, 0) is 0 Å². The Balaban J connectivity index is 2.16. The average Bonchev–Trinajstić information content (AvgIpc) is 2.48. The molecule has 1 atom stereocenters. The highest BCUT2D eigenvalue weighted by Crippen LogP contribution is 2.27. The molecule has 2 rings (SSSR count). The molecule has 0 aliphatic carbocycles. The maximum absolute atomic E-state index is 12.3. The zero-order chi connectivity index (χ0) is 15.4. The second kappa shape index (κ2) is 6.62. The van der Waals surface area contributed by atoms with Gasteiger partial charge in [-0.25, -0.2) is 0 Å². The van der Waals surface area contributed by atoms with Crippen molar-refractivity contribution in [2.45, 2.75) is 13.0 Å². The van der Waals surface area contributed by atoms with Gasteiger partial charge in [0, 0.05) is 10.6 Å². The lowest BCUT2D eigenvalue weighted by atomic mass is 10.1. The van der Waals surface area contributed by atoms with E-state index < -0.39 is 6.10 Å². The van der Waals surface area contributed by atoms with E-state index in [4.69, 9.17) is 33.2 Å². The van der Waals surface area contributed by atoms with Crippen molar-refractivity contribution >= 4 is 29.0 Å². The fraction of sp³-hybridized carbons (Fsp3) is 0.125. The third-order valence-corrected chi connectivity index (χ3v) is 3.37. The van der Waals surface area contributed by atoms with Crippen molar-refractivity contribution in [2.24, 2.45) is 0 Å². The molecule has 2 aromatic carbocycles. The first-order valence-corrected chi connectivity index (χ1v) is 6.93. The van der Waals surface area contributed by atoms with Gasteiger partial charge < -0.3 is 4.74 Å². The summed E-state index contributed by atoms with van der Waals surface area (Å²) in [6, 6.07) is 13.3. The van der Waals surface area contributed by atoms with Crippen LogP contribution in [0.1, 0.15) is 22.8 Å². The lowest BCUT2D eigenvalue weighted by molar-refractivity contribution is 0.0818. The summed E-state index contributed by atoms with van der Waals surface area (Å²) in [4.78, 5) is 12.3. The Labute approximate surface area is 132 Å². The van der Waals surface area contributed by atoms with E-state index in [9.17, 15) is 4.79 Å². The first-order chi connectivity index (χ1) is 10.0. The molecule has 0 fully saturated rings. The summed E-state index contributed by atoms with van der Waals surface area (Å²) < 4.78 is 5.57. The molecular weight excluding hydrogens is 309 g/mol. The molecule has 0 saturated carbocycles. The van der Waals surface area contributed by atoms with Crippen LogP contribution in [0.25, 0.3) is 0 Å². The molecule has 2 aromatic rings. The standard InChI is InChI=1S/C16H11Cl2NO2/c1-10(16(20)12-3-2-4-13(17)8-12)21-15-6-5-11(9-19)7-14(15)18/h2-8,10H,1H3. The number of carbonyl (C=O) groups excluding carboxylic acids is 1. The van der Waals surface area contributed by atoms with E-state index in [1.165, 1.54) is 6.07 Å². The topological polar surface area (TPSA) is 50.1 Å². The number of hydrogen-bond donors (Lipinski definition) is 0. The van der Waals surface area contributed by atoms with Gasteiger partial charge in [-0.05, 0) is 37.3 Å². The number of carbonyl (C=O) groups is 1. The van der Waals surface area contributed by atoms with Crippen LogP contribution in [0.4, 0.5) is 0 Å². The third-order valence-electron chi connectivity index (χ3n) is 2.84. The molecule has 0 aliphatic heterocycles. The molecule has 0 radical (unpaired) electrons. The van der Waals surface area contributed by atoms with Gasteiger partial charge in [0.15, 0.2) is 6.10 Å². The van der Waals surface area contributed by atoms with Crippen molar-refractivity contribution in [3.8, 4) is 11.8 Å². The molecule has 1 unspecified atom stereocenters. The molecule has 0 amide bonds. The van der Waals surface area contributed by atoms with E-state index in [2.05, 4.69) is 0 Å². The number of halogens is 2. The van der Waals surface area contributed by atoms with Crippen molar-refractivity contribution in [3.05, 3.63) is 63.6 Å². The average molecular weight is 320 g/mol. The number of hydrogen-bond acceptors (Lipinski definition) is 3. The van der Waals surface area contributed by atoms with Crippen molar-refractivity contribution in [1.29, 1.82) is 5.26 Å². The van der Waals surface area contributed by atoms with Crippen molar-refractivity contribution in [3.63, 3.8) is 0 Å². The van der Waals surface area contributed by atoms with Crippen molar-refractivity contribution in [1.82, 2.24) is 0 Å².